The maximum atomic E-state index is 12.8. The van der Waals surface area contributed by atoms with Gasteiger partial charge in [0.2, 0.25) is 0 Å². The molecule has 0 heterocycles. The zero-order valence-corrected chi connectivity index (χ0v) is 14.5. The van der Waals surface area contributed by atoms with Crippen LogP contribution in [0.25, 0.3) is 10.8 Å². The summed E-state index contributed by atoms with van der Waals surface area (Å²) in [6.45, 7) is 2.41. The summed E-state index contributed by atoms with van der Waals surface area (Å²) in [4.78, 5) is 0. The smallest absolute Gasteiger partial charge is 0.306 e. The molecule has 0 bridgehead atoms. The van der Waals surface area contributed by atoms with Gasteiger partial charge in [-0.25, -0.2) is 0 Å². The van der Waals surface area contributed by atoms with E-state index in [1.807, 2.05) is 31.2 Å². The molecule has 0 aliphatic heterocycles. The average molecular weight is 366 g/mol. The van der Waals surface area contributed by atoms with Gasteiger partial charge >= 0.3 is 6.18 Å². The lowest BCUT2D eigenvalue weighted by molar-refractivity contribution is -0.137. The van der Waals surface area contributed by atoms with Gasteiger partial charge in [0, 0.05) is 12.6 Å². The molecule has 3 aromatic rings. The van der Waals surface area contributed by atoms with Gasteiger partial charge in [0.15, 0.2) is 0 Å². The fourth-order valence-electron chi connectivity index (χ4n) is 2.87. The van der Waals surface area contributed by atoms with Crippen LogP contribution in [0.3, 0.4) is 0 Å². The molecule has 0 fully saturated rings. The summed E-state index contributed by atoms with van der Waals surface area (Å²) in [5, 5.41) is 5.63. The number of alkyl halides is 3. The monoisotopic (exact) mass is 365 g/mol. The molecule has 0 unspecified atom stereocenters. The topological polar surface area (TPSA) is 12.0 Å². The van der Waals surface area contributed by atoms with Crippen molar-refractivity contribution in [3.63, 3.8) is 0 Å². The third kappa shape index (κ3) is 4.53. The lowest BCUT2D eigenvalue weighted by Gasteiger charge is -2.17. The van der Waals surface area contributed by atoms with Gasteiger partial charge in [0.1, 0.15) is 0 Å². The van der Waals surface area contributed by atoms with Crippen LogP contribution in [0, 0.1) is 0 Å². The summed E-state index contributed by atoms with van der Waals surface area (Å²) in [5.41, 5.74) is 1.15. The van der Waals surface area contributed by atoms with Crippen molar-refractivity contribution in [2.75, 3.05) is 0 Å². The SMILES string of the molecule is C[C@@H](NCc1cccc(C(F)(F)F)c1)c1cccc2ccccc12.Cl. The van der Waals surface area contributed by atoms with E-state index in [4.69, 9.17) is 0 Å². The molecule has 0 radical (unpaired) electrons. The van der Waals surface area contributed by atoms with Crippen molar-refractivity contribution in [1.82, 2.24) is 5.32 Å². The lowest BCUT2D eigenvalue weighted by Crippen LogP contribution is -2.18. The fourth-order valence-corrected chi connectivity index (χ4v) is 2.87. The number of fused-ring (bicyclic) bond motifs is 1. The van der Waals surface area contributed by atoms with Gasteiger partial charge in [-0.2, -0.15) is 13.2 Å². The van der Waals surface area contributed by atoms with E-state index in [2.05, 4.69) is 23.5 Å². The molecule has 0 aliphatic carbocycles. The molecule has 25 heavy (non-hydrogen) atoms. The third-order valence-corrected chi connectivity index (χ3v) is 4.16. The summed E-state index contributed by atoms with van der Waals surface area (Å²) in [7, 11) is 0. The Morgan fingerprint density at radius 2 is 1.60 bits per heavy atom. The van der Waals surface area contributed by atoms with E-state index in [0.717, 1.165) is 22.4 Å². The summed E-state index contributed by atoms with van der Waals surface area (Å²) in [6.07, 6.45) is -4.31. The number of hydrogen-bond acceptors (Lipinski definition) is 1. The largest absolute Gasteiger partial charge is 0.416 e. The van der Waals surface area contributed by atoms with Crippen LogP contribution in [0.5, 0.6) is 0 Å². The third-order valence-electron chi connectivity index (χ3n) is 4.16. The van der Waals surface area contributed by atoms with E-state index in [-0.39, 0.29) is 18.4 Å². The van der Waals surface area contributed by atoms with Gasteiger partial charge in [-0.05, 0) is 34.9 Å². The Balaban J connectivity index is 0.00000225. The molecule has 0 aliphatic rings. The van der Waals surface area contributed by atoms with E-state index in [1.165, 1.54) is 12.1 Å². The van der Waals surface area contributed by atoms with Gasteiger partial charge in [-0.3, -0.25) is 0 Å². The summed E-state index contributed by atoms with van der Waals surface area (Å²) >= 11 is 0. The molecule has 0 amide bonds. The minimum absolute atomic E-state index is 0. The molecular formula is C20H19ClF3N. The maximum Gasteiger partial charge on any atom is 0.416 e. The molecule has 132 valence electrons. The second-order valence-corrected chi connectivity index (χ2v) is 5.87. The Hall–Kier alpha value is -2.04. The first-order valence-electron chi connectivity index (χ1n) is 7.82. The molecular weight excluding hydrogens is 347 g/mol. The second kappa shape index (κ2) is 7.89. The van der Waals surface area contributed by atoms with Crippen molar-refractivity contribution in [1.29, 1.82) is 0 Å². The van der Waals surface area contributed by atoms with Crippen LogP contribution in [0.4, 0.5) is 13.2 Å². The highest BCUT2D eigenvalue weighted by Crippen LogP contribution is 2.30. The Labute approximate surface area is 151 Å². The summed E-state index contributed by atoms with van der Waals surface area (Å²) in [5.74, 6) is 0. The van der Waals surface area contributed by atoms with Crippen LogP contribution in [0.15, 0.2) is 66.7 Å². The van der Waals surface area contributed by atoms with Crippen molar-refractivity contribution < 1.29 is 13.2 Å². The molecule has 0 aromatic heterocycles. The average Bonchev–Trinajstić information content (AvgIpc) is 2.58. The molecule has 3 aromatic carbocycles. The first kappa shape index (κ1) is 19.3. The van der Waals surface area contributed by atoms with E-state index in [1.54, 1.807) is 6.07 Å². The first-order chi connectivity index (χ1) is 11.4. The van der Waals surface area contributed by atoms with Gasteiger partial charge < -0.3 is 5.32 Å². The van der Waals surface area contributed by atoms with Gasteiger partial charge in [0.05, 0.1) is 5.56 Å². The first-order valence-corrected chi connectivity index (χ1v) is 7.82. The molecule has 3 rings (SSSR count). The molecule has 0 saturated heterocycles. The zero-order valence-electron chi connectivity index (χ0n) is 13.7. The minimum atomic E-state index is -4.31. The Kier molecular flexibility index (Phi) is 6.09. The van der Waals surface area contributed by atoms with Crippen molar-refractivity contribution >= 4 is 23.2 Å². The predicted octanol–water partition coefficient (Wildman–Crippen LogP) is 6.13. The predicted molar refractivity (Wildman–Crippen MR) is 97.9 cm³/mol. The highest BCUT2D eigenvalue weighted by Gasteiger charge is 2.30. The normalized spacial score (nSPS) is 12.6. The van der Waals surface area contributed by atoms with Crippen LogP contribution in [0.1, 0.15) is 29.7 Å². The van der Waals surface area contributed by atoms with Crippen LogP contribution in [-0.4, -0.2) is 0 Å². The van der Waals surface area contributed by atoms with Crippen LogP contribution >= 0.6 is 12.4 Å². The van der Waals surface area contributed by atoms with E-state index in [9.17, 15) is 13.2 Å². The van der Waals surface area contributed by atoms with Crippen molar-refractivity contribution in [2.45, 2.75) is 25.7 Å². The van der Waals surface area contributed by atoms with E-state index < -0.39 is 11.7 Å². The fraction of sp³-hybridized carbons (Fsp3) is 0.200. The minimum Gasteiger partial charge on any atom is -0.306 e. The summed E-state index contributed by atoms with van der Waals surface area (Å²) in [6, 6.07) is 19.7. The number of nitrogens with one attached hydrogen (secondary N) is 1. The van der Waals surface area contributed by atoms with Crippen LogP contribution < -0.4 is 5.32 Å². The molecule has 1 nitrogen and oxygen atoms in total. The molecule has 1 N–H and O–H groups in total. The standard InChI is InChI=1S/C20H18F3N.ClH/c1-14(18-11-5-8-16-7-2-3-10-19(16)18)24-13-15-6-4-9-17(12-15)20(21,22)23;/h2-12,14,24H,13H2,1H3;1H/t14-;/m1./s1. The number of benzene rings is 3. The maximum absolute atomic E-state index is 12.8. The zero-order chi connectivity index (χ0) is 17.2. The van der Waals surface area contributed by atoms with Gasteiger partial charge in [-0.1, -0.05) is 60.7 Å². The molecule has 1 atom stereocenters. The van der Waals surface area contributed by atoms with Crippen molar-refractivity contribution in [2.24, 2.45) is 0 Å². The Morgan fingerprint density at radius 1 is 0.920 bits per heavy atom. The number of hydrogen-bond donors (Lipinski definition) is 1. The Bertz CT molecular complexity index is 840. The van der Waals surface area contributed by atoms with Crippen LogP contribution in [0.2, 0.25) is 0 Å². The van der Waals surface area contributed by atoms with Crippen molar-refractivity contribution in [3.8, 4) is 0 Å². The summed E-state index contributed by atoms with van der Waals surface area (Å²) < 4.78 is 38.4. The molecule has 5 heteroatoms. The highest BCUT2D eigenvalue weighted by atomic mass is 35.5. The number of rotatable bonds is 4. The number of halogens is 4. The van der Waals surface area contributed by atoms with E-state index >= 15 is 0 Å². The molecule has 0 saturated carbocycles. The van der Waals surface area contributed by atoms with Gasteiger partial charge in [-0.15, -0.1) is 12.4 Å². The molecule has 0 spiro atoms. The second-order valence-electron chi connectivity index (χ2n) is 5.87. The quantitative estimate of drug-likeness (QED) is 0.586. The van der Waals surface area contributed by atoms with Gasteiger partial charge in [0.25, 0.3) is 0 Å². The lowest BCUT2D eigenvalue weighted by atomic mass is 9.99. The van der Waals surface area contributed by atoms with Crippen LogP contribution in [-0.2, 0) is 12.7 Å². The highest BCUT2D eigenvalue weighted by molar-refractivity contribution is 5.86. The van der Waals surface area contributed by atoms with E-state index in [0.29, 0.717) is 12.1 Å². The Morgan fingerprint density at radius 3 is 2.36 bits per heavy atom. The van der Waals surface area contributed by atoms with Crippen molar-refractivity contribution in [3.05, 3.63) is 83.4 Å².